The van der Waals surface area contributed by atoms with E-state index in [1.54, 1.807) is 25.3 Å². The summed E-state index contributed by atoms with van der Waals surface area (Å²) in [4.78, 5) is 12.2. The number of nitrogens with one attached hydrogen (secondary N) is 2. The summed E-state index contributed by atoms with van der Waals surface area (Å²) in [6.45, 7) is 6.47. The van der Waals surface area contributed by atoms with Crippen molar-refractivity contribution in [2.24, 2.45) is 11.8 Å². The number of halogens is 1. The number of hydrogen-bond donors (Lipinski definition) is 3. The van der Waals surface area contributed by atoms with Gasteiger partial charge in [0, 0.05) is 31.1 Å². The van der Waals surface area contributed by atoms with Crippen LogP contribution in [0.5, 0.6) is 11.5 Å². The quantitative estimate of drug-likeness (QED) is 0.687. The molecule has 3 N–H and O–H groups in total. The number of methoxy groups -OCH3 is 1. The van der Waals surface area contributed by atoms with Crippen molar-refractivity contribution in [2.45, 2.75) is 20.0 Å². The number of carbonyl (C=O) groups is 1. The smallest absolute Gasteiger partial charge is 0.251 e. The summed E-state index contributed by atoms with van der Waals surface area (Å²) < 4.78 is 11.0. The van der Waals surface area contributed by atoms with Gasteiger partial charge in [-0.15, -0.1) is 12.4 Å². The van der Waals surface area contributed by atoms with Gasteiger partial charge in [0.15, 0.2) is 11.5 Å². The average molecular weight is 359 g/mol. The van der Waals surface area contributed by atoms with Crippen LogP contribution in [0.4, 0.5) is 0 Å². The summed E-state index contributed by atoms with van der Waals surface area (Å²) in [5, 5.41) is 15.7. The summed E-state index contributed by atoms with van der Waals surface area (Å²) >= 11 is 0. The first kappa shape index (κ1) is 20.5. The van der Waals surface area contributed by atoms with E-state index < -0.39 is 6.10 Å². The Morgan fingerprint density at radius 1 is 1.38 bits per heavy atom. The van der Waals surface area contributed by atoms with Gasteiger partial charge >= 0.3 is 0 Å². The normalized spacial score (nSPS) is 19.7. The Hall–Kier alpha value is -1.50. The highest BCUT2D eigenvalue weighted by Crippen LogP contribution is 2.28. The van der Waals surface area contributed by atoms with Crippen molar-refractivity contribution in [1.29, 1.82) is 0 Å². The maximum absolute atomic E-state index is 12.2. The monoisotopic (exact) mass is 358 g/mol. The number of hydrogen-bond acceptors (Lipinski definition) is 5. The molecule has 2 atom stereocenters. The van der Waals surface area contributed by atoms with Crippen molar-refractivity contribution in [1.82, 2.24) is 10.6 Å². The molecule has 0 spiro atoms. The molecule has 24 heavy (non-hydrogen) atoms. The van der Waals surface area contributed by atoms with Crippen LogP contribution in [0.3, 0.4) is 0 Å². The van der Waals surface area contributed by atoms with Gasteiger partial charge in [-0.2, -0.15) is 0 Å². The van der Waals surface area contributed by atoms with Crippen molar-refractivity contribution >= 4 is 18.3 Å². The predicted molar refractivity (Wildman–Crippen MR) is 95.3 cm³/mol. The zero-order valence-electron chi connectivity index (χ0n) is 14.4. The fourth-order valence-corrected chi connectivity index (χ4v) is 2.44. The molecule has 1 saturated heterocycles. The van der Waals surface area contributed by atoms with Crippen molar-refractivity contribution in [3.05, 3.63) is 23.8 Å². The zero-order chi connectivity index (χ0) is 16.8. The van der Waals surface area contributed by atoms with E-state index in [0.29, 0.717) is 49.2 Å². The van der Waals surface area contributed by atoms with E-state index in [1.165, 1.54) is 0 Å². The first-order valence-electron chi connectivity index (χ1n) is 7.99. The van der Waals surface area contributed by atoms with Crippen molar-refractivity contribution in [3.63, 3.8) is 0 Å². The largest absolute Gasteiger partial charge is 0.493 e. The summed E-state index contributed by atoms with van der Waals surface area (Å²) in [6, 6.07) is 5.15. The van der Waals surface area contributed by atoms with Gasteiger partial charge in [0.2, 0.25) is 0 Å². The van der Waals surface area contributed by atoms with Crippen molar-refractivity contribution < 1.29 is 19.4 Å². The third-order valence-corrected chi connectivity index (χ3v) is 3.83. The van der Waals surface area contributed by atoms with Crippen LogP contribution in [-0.4, -0.2) is 50.5 Å². The van der Waals surface area contributed by atoms with Gasteiger partial charge in [-0.05, 0) is 24.1 Å². The third kappa shape index (κ3) is 5.54. The summed E-state index contributed by atoms with van der Waals surface area (Å²) in [5.74, 6) is 1.45. The molecule has 0 bridgehead atoms. The molecular weight excluding hydrogens is 332 g/mol. The standard InChI is InChI=1S/C17H26N2O4.ClH/c1-11(2)10-23-15-5-4-12(6-16(15)22-3)17(21)19-8-13-7-18-9-14(13)20;/h4-6,11,13-14,18,20H,7-10H2,1-3H3,(H,19,21);1H. The van der Waals surface area contributed by atoms with E-state index in [1.807, 2.05) is 0 Å². The van der Waals surface area contributed by atoms with E-state index in [-0.39, 0.29) is 24.2 Å². The Morgan fingerprint density at radius 2 is 2.12 bits per heavy atom. The summed E-state index contributed by atoms with van der Waals surface area (Å²) in [6.07, 6.45) is -0.406. The van der Waals surface area contributed by atoms with Crippen molar-refractivity contribution in [3.8, 4) is 11.5 Å². The second kappa shape index (κ2) is 9.71. The number of rotatable bonds is 7. The topological polar surface area (TPSA) is 79.8 Å². The van der Waals surface area contributed by atoms with Crippen LogP contribution in [0.1, 0.15) is 24.2 Å². The fourth-order valence-electron chi connectivity index (χ4n) is 2.44. The molecule has 6 nitrogen and oxygen atoms in total. The molecule has 1 fully saturated rings. The van der Waals surface area contributed by atoms with Gasteiger partial charge in [-0.3, -0.25) is 4.79 Å². The Morgan fingerprint density at radius 3 is 2.71 bits per heavy atom. The van der Waals surface area contributed by atoms with Crippen LogP contribution >= 0.6 is 12.4 Å². The Kier molecular flexibility index (Phi) is 8.31. The lowest BCUT2D eigenvalue weighted by Gasteiger charge is -2.15. The molecule has 0 radical (unpaired) electrons. The minimum absolute atomic E-state index is 0. The van der Waals surface area contributed by atoms with Crippen LogP contribution in [0.2, 0.25) is 0 Å². The number of aliphatic hydroxyl groups is 1. The number of benzene rings is 1. The van der Waals surface area contributed by atoms with E-state index in [9.17, 15) is 9.90 Å². The first-order valence-corrected chi connectivity index (χ1v) is 7.99. The van der Waals surface area contributed by atoms with Gasteiger partial charge in [-0.1, -0.05) is 13.8 Å². The maximum atomic E-state index is 12.2. The SMILES string of the molecule is COc1cc(C(=O)NCC2CNCC2O)ccc1OCC(C)C.Cl. The molecule has 0 aliphatic carbocycles. The van der Waals surface area contributed by atoms with Gasteiger partial charge in [0.25, 0.3) is 5.91 Å². The van der Waals surface area contributed by atoms with Gasteiger partial charge in [-0.25, -0.2) is 0 Å². The molecule has 7 heteroatoms. The van der Waals surface area contributed by atoms with Crippen molar-refractivity contribution in [2.75, 3.05) is 33.4 Å². The number of aliphatic hydroxyl groups excluding tert-OH is 1. The Labute approximate surface area is 149 Å². The molecule has 2 rings (SSSR count). The van der Waals surface area contributed by atoms with Crippen LogP contribution in [0.15, 0.2) is 18.2 Å². The summed E-state index contributed by atoms with van der Waals surface area (Å²) in [5.41, 5.74) is 0.513. The molecule has 0 aromatic heterocycles. The van der Waals surface area contributed by atoms with Gasteiger partial charge < -0.3 is 25.2 Å². The molecule has 1 aromatic carbocycles. The minimum Gasteiger partial charge on any atom is -0.493 e. The highest BCUT2D eigenvalue weighted by Gasteiger charge is 2.25. The van der Waals surface area contributed by atoms with E-state index in [4.69, 9.17) is 9.47 Å². The van der Waals surface area contributed by atoms with E-state index in [2.05, 4.69) is 24.5 Å². The zero-order valence-corrected chi connectivity index (χ0v) is 15.2. The highest BCUT2D eigenvalue weighted by molar-refractivity contribution is 5.94. The van der Waals surface area contributed by atoms with Crippen LogP contribution in [-0.2, 0) is 0 Å². The van der Waals surface area contributed by atoms with Crippen LogP contribution in [0.25, 0.3) is 0 Å². The molecule has 1 amide bonds. The number of β-amino-alcohol motifs (C(OH)–C–C–N with tert-alkyl or cyclic N) is 1. The number of carbonyl (C=O) groups excluding carboxylic acids is 1. The Bertz CT molecular complexity index is 539. The molecular formula is C17H27ClN2O4. The predicted octanol–water partition coefficient (Wildman–Crippen LogP) is 1.46. The number of ether oxygens (including phenoxy) is 2. The lowest BCUT2D eigenvalue weighted by molar-refractivity contribution is 0.0926. The molecule has 1 aliphatic rings. The van der Waals surface area contributed by atoms with Crippen LogP contribution in [0, 0.1) is 11.8 Å². The fraction of sp³-hybridized carbons (Fsp3) is 0.588. The third-order valence-electron chi connectivity index (χ3n) is 3.83. The molecule has 1 aromatic rings. The minimum atomic E-state index is -0.406. The molecule has 1 aliphatic heterocycles. The first-order chi connectivity index (χ1) is 11.0. The highest BCUT2D eigenvalue weighted by atomic mass is 35.5. The van der Waals surface area contributed by atoms with E-state index >= 15 is 0 Å². The molecule has 136 valence electrons. The summed E-state index contributed by atoms with van der Waals surface area (Å²) in [7, 11) is 1.56. The van der Waals surface area contributed by atoms with Crippen LogP contribution < -0.4 is 20.1 Å². The average Bonchev–Trinajstić information content (AvgIpc) is 2.95. The van der Waals surface area contributed by atoms with E-state index in [0.717, 1.165) is 0 Å². The molecule has 0 saturated carbocycles. The molecule has 2 unspecified atom stereocenters. The second-order valence-corrected chi connectivity index (χ2v) is 6.27. The second-order valence-electron chi connectivity index (χ2n) is 6.27. The molecule has 1 heterocycles. The lowest BCUT2D eigenvalue weighted by atomic mass is 10.1. The maximum Gasteiger partial charge on any atom is 0.251 e. The Balaban J connectivity index is 0.00000288. The lowest BCUT2D eigenvalue weighted by Crippen LogP contribution is -2.34. The van der Waals surface area contributed by atoms with Gasteiger partial charge in [0.05, 0.1) is 19.8 Å². The number of amides is 1. The van der Waals surface area contributed by atoms with Gasteiger partial charge in [0.1, 0.15) is 0 Å².